The molecular weight excluding hydrogens is 280 g/mol. The number of fused-ring (bicyclic) bond motifs is 2. The van der Waals surface area contributed by atoms with Crippen LogP contribution in [0.4, 0.5) is 0 Å². The Morgan fingerprint density at radius 2 is 1.82 bits per heavy atom. The van der Waals surface area contributed by atoms with Crippen molar-refractivity contribution in [3.8, 4) is 0 Å². The predicted molar refractivity (Wildman–Crippen MR) is 80.6 cm³/mol. The van der Waals surface area contributed by atoms with Gasteiger partial charge >= 0.3 is 0 Å². The molecule has 0 radical (unpaired) electrons. The van der Waals surface area contributed by atoms with Crippen molar-refractivity contribution in [2.45, 2.75) is 33.1 Å². The molecule has 0 aromatic heterocycles. The summed E-state index contributed by atoms with van der Waals surface area (Å²) < 4.78 is 0. The van der Waals surface area contributed by atoms with Crippen molar-refractivity contribution in [1.82, 2.24) is 10.9 Å². The fraction of sp³-hybridized carbons (Fsp3) is 0.471. The Morgan fingerprint density at radius 1 is 1.14 bits per heavy atom. The molecule has 2 fully saturated rings. The van der Waals surface area contributed by atoms with Gasteiger partial charge in [-0.05, 0) is 37.3 Å². The fourth-order valence-electron chi connectivity index (χ4n) is 3.87. The van der Waals surface area contributed by atoms with Crippen LogP contribution in [0.2, 0.25) is 0 Å². The number of carbonyl (C=O) groups is 3. The Hall–Kier alpha value is -2.17. The first-order valence-electron chi connectivity index (χ1n) is 7.59. The first-order chi connectivity index (χ1) is 10.4. The minimum absolute atomic E-state index is 0.00251. The van der Waals surface area contributed by atoms with Crippen molar-refractivity contribution < 1.29 is 14.4 Å². The maximum atomic E-state index is 12.6. The third-order valence-electron chi connectivity index (χ3n) is 5.32. The minimum Gasteiger partial charge on any atom is -0.298 e. The summed E-state index contributed by atoms with van der Waals surface area (Å²) in [6, 6.07) is 8.64. The van der Waals surface area contributed by atoms with E-state index in [4.69, 9.17) is 0 Å². The van der Waals surface area contributed by atoms with E-state index in [-0.39, 0.29) is 23.5 Å². The van der Waals surface area contributed by atoms with Crippen molar-refractivity contribution in [3.05, 3.63) is 35.9 Å². The Bertz CT molecular complexity index is 639. The zero-order chi connectivity index (χ0) is 16.0. The Balaban J connectivity index is 1.68. The Kier molecular flexibility index (Phi) is 3.31. The molecular formula is C17H20N2O3. The van der Waals surface area contributed by atoms with Gasteiger partial charge in [-0.3, -0.25) is 25.2 Å². The van der Waals surface area contributed by atoms with E-state index in [1.165, 1.54) is 0 Å². The van der Waals surface area contributed by atoms with E-state index in [2.05, 4.69) is 10.9 Å². The Morgan fingerprint density at radius 3 is 2.41 bits per heavy atom. The monoisotopic (exact) mass is 300 g/mol. The molecule has 0 aliphatic heterocycles. The van der Waals surface area contributed by atoms with E-state index in [1.54, 1.807) is 24.3 Å². The average Bonchev–Trinajstić information content (AvgIpc) is 3.05. The van der Waals surface area contributed by atoms with Crippen molar-refractivity contribution in [2.24, 2.45) is 16.7 Å². The lowest BCUT2D eigenvalue weighted by atomic mass is 9.70. The summed E-state index contributed by atoms with van der Waals surface area (Å²) in [6.07, 6.45) is 2.05. The number of Topliss-reactive ketones (excluding diaryl/α,β-unsaturated/α-hetero) is 1. The second-order valence-electron chi connectivity index (χ2n) is 6.85. The van der Waals surface area contributed by atoms with Gasteiger partial charge in [0.25, 0.3) is 11.8 Å². The van der Waals surface area contributed by atoms with E-state index >= 15 is 0 Å². The molecule has 22 heavy (non-hydrogen) atoms. The van der Waals surface area contributed by atoms with Crippen molar-refractivity contribution in [1.29, 1.82) is 0 Å². The lowest BCUT2D eigenvalue weighted by Crippen LogP contribution is -2.52. The van der Waals surface area contributed by atoms with Gasteiger partial charge in [0.05, 0.1) is 0 Å². The van der Waals surface area contributed by atoms with Crippen LogP contribution in [0.1, 0.15) is 43.5 Å². The van der Waals surface area contributed by atoms with Gasteiger partial charge in [-0.15, -0.1) is 0 Å². The summed E-state index contributed by atoms with van der Waals surface area (Å²) in [4.78, 5) is 37.1. The zero-order valence-electron chi connectivity index (χ0n) is 12.8. The summed E-state index contributed by atoms with van der Waals surface area (Å²) in [7, 11) is 0. The molecule has 0 spiro atoms. The van der Waals surface area contributed by atoms with E-state index in [9.17, 15) is 14.4 Å². The molecule has 2 atom stereocenters. The van der Waals surface area contributed by atoms with Gasteiger partial charge in [-0.25, -0.2) is 0 Å². The Labute approximate surface area is 129 Å². The maximum Gasteiger partial charge on any atom is 0.269 e. The summed E-state index contributed by atoms with van der Waals surface area (Å²) in [6.45, 7) is 3.83. The number of carbonyl (C=O) groups excluding carboxylic acids is 3. The molecule has 2 saturated carbocycles. The van der Waals surface area contributed by atoms with Gasteiger partial charge < -0.3 is 0 Å². The zero-order valence-corrected chi connectivity index (χ0v) is 12.8. The van der Waals surface area contributed by atoms with Gasteiger partial charge in [-0.1, -0.05) is 32.0 Å². The minimum atomic E-state index is -0.960. The molecule has 2 unspecified atom stereocenters. The van der Waals surface area contributed by atoms with Crippen LogP contribution in [0.15, 0.2) is 30.3 Å². The largest absolute Gasteiger partial charge is 0.298 e. The number of nitrogens with one attached hydrogen (secondary N) is 2. The van der Waals surface area contributed by atoms with Gasteiger partial charge in [-0.2, -0.15) is 0 Å². The molecule has 0 heterocycles. The second-order valence-corrected chi connectivity index (χ2v) is 6.85. The molecule has 1 aromatic rings. The summed E-state index contributed by atoms with van der Waals surface area (Å²) in [5, 5.41) is 0. The number of rotatable bonds is 2. The first kappa shape index (κ1) is 14.8. The van der Waals surface area contributed by atoms with Gasteiger partial charge in [0, 0.05) is 11.0 Å². The van der Waals surface area contributed by atoms with Crippen LogP contribution >= 0.6 is 0 Å². The molecule has 2 amide bonds. The summed E-state index contributed by atoms with van der Waals surface area (Å²) >= 11 is 0. The van der Waals surface area contributed by atoms with E-state index in [1.807, 2.05) is 19.9 Å². The average molecular weight is 300 g/mol. The van der Waals surface area contributed by atoms with Crippen LogP contribution in [0.3, 0.4) is 0 Å². The lowest BCUT2D eigenvalue weighted by Gasteiger charge is -2.32. The molecule has 5 heteroatoms. The highest BCUT2D eigenvalue weighted by atomic mass is 16.2. The number of hydrogen-bond acceptors (Lipinski definition) is 3. The summed E-state index contributed by atoms with van der Waals surface area (Å²) in [5.74, 6) is -0.502. The quantitative estimate of drug-likeness (QED) is 0.646. The highest BCUT2D eigenvalue weighted by Crippen LogP contribution is 2.60. The van der Waals surface area contributed by atoms with Crippen LogP contribution in [0.25, 0.3) is 0 Å². The van der Waals surface area contributed by atoms with Crippen molar-refractivity contribution >= 4 is 17.6 Å². The van der Waals surface area contributed by atoms with E-state index in [0.29, 0.717) is 18.4 Å². The molecule has 3 rings (SSSR count). The molecule has 116 valence electrons. The van der Waals surface area contributed by atoms with Gasteiger partial charge in [0.15, 0.2) is 5.78 Å². The number of ketones is 1. The molecule has 5 nitrogen and oxygen atoms in total. The number of hydrazine groups is 1. The van der Waals surface area contributed by atoms with Crippen LogP contribution in [0, 0.1) is 16.7 Å². The molecule has 2 bridgehead atoms. The molecule has 2 N–H and O–H groups in total. The number of amides is 2. The van der Waals surface area contributed by atoms with Crippen LogP contribution < -0.4 is 10.9 Å². The van der Waals surface area contributed by atoms with Crippen LogP contribution in [0.5, 0.6) is 0 Å². The van der Waals surface area contributed by atoms with Crippen molar-refractivity contribution in [3.63, 3.8) is 0 Å². The van der Waals surface area contributed by atoms with E-state index < -0.39 is 10.8 Å². The normalized spacial score (nSPS) is 28.5. The molecule has 1 aromatic carbocycles. The molecule has 2 aliphatic carbocycles. The molecule has 2 aliphatic rings. The van der Waals surface area contributed by atoms with E-state index in [0.717, 1.165) is 6.42 Å². The predicted octanol–water partition coefficient (Wildman–Crippen LogP) is 1.84. The SMILES string of the molecule is CC1(C)C(=O)C2(C(=O)NNC(=O)c3ccccc3)CCC1C2. The van der Waals surface area contributed by atoms with Crippen LogP contribution in [-0.2, 0) is 9.59 Å². The summed E-state index contributed by atoms with van der Waals surface area (Å²) in [5.41, 5.74) is 3.92. The third-order valence-corrected chi connectivity index (χ3v) is 5.32. The number of hydrogen-bond donors (Lipinski definition) is 2. The molecule has 0 saturated heterocycles. The third kappa shape index (κ3) is 2.03. The van der Waals surface area contributed by atoms with Gasteiger partial charge in [0.2, 0.25) is 0 Å². The van der Waals surface area contributed by atoms with Crippen LogP contribution in [-0.4, -0.2) is 17.6 Å². The number of benzene rings is 1. The first-order valence-corrected chi connectivity index (χ1v) is 7.59. The lowest BCUT2D eigenvalue weighted by molar-refractivity contribution is -0.145. The smallest absolute Gasteiger partial charge is 0.269 e. The van der Waals surface area contributed by atoms with Gasteiger partial charge in [0.1, 0.15) is 5.41 Å². The van der Waals surface area contributed by atoms with Crippen molar-refractivity contribution in [2.75, 3.05) is 0 Å². The fourth-order valence-corrected chi connectivity index (χ4v) is 3.87. The highest BCUT2D eigenvalue weighted by molar-refractivity contribution is 6.11. The standard InChI is InChI=1S/C17H20N2O3/c1-16(2)12-8-9-17(10-12,14(16)21)15(22)19-18-13(20)11-6-4-3-5-7-11/h3-7,12H,8-10H2,1-2H3,(H,18,20)(H,19,22). The highest BCUT2D eigenvalue weighted by Gasteiger charge is 2.65. The maximum absolute atomic E-state index is 12.6. The second kappa shape index (κ2) is 4.93. The topological polar surface area (TPSA) is 75.3 Å².